The monoisotopic (exact) mass is 391 g/mol. The lowest BCUT2D eigenvalue weighted by Gasteiger charge is -2.09. The van der Waals surface area contributed by atoms with E-state index >= 15 is 0 Å². The average Bonchev–Trinajstić information content (AvgIpc) is 3.17. The molecule has 0 spiro atoms. The molecule has 0 atom stereocenters. The third-order valence-electron chi connectivity index (χ3n) is 5.00. The molecule has 0 saturated carbocycles. The van der Waals surface area contributed by atoms with Crippen molar-refractivity contribution in [2.45, 2.75) is 13.8 Å². The van der Waals surface area contributed by atoms with Gasteiger partial charge in [0, 0.05) is 22.9 Å². The highest BCUT2D eigenvalue weighted by Crippen LogP contribution is 2.41. The summed E-state index contributed by atoms with van der Waals surface area (Å²) < 4.78 is 12.1. The fourth-order valence-electron chi connectivity index (χ4n) is 3.41. The first-order chi connectivity index (χ1) is 13.9. The number of rotatable bonds is 4. The first-order valence-corrected chi connectivity index (χ1v) is 9.11. The first kappa shape index (κ1) is 18.6. The number of aromatic nitrogens is 2. The molecule has 2 N–H and O–H groups in total. The Morgan fingerprint density at radius 2 is 1.62 bits per heavy atom. The number of anilines is 1. The Balaban J connectivity index is 1.83. The van der Waals surface area contributed by atoms with Gasteiger partial charge < -0.3 is 14.8 Å². The molecular formula is C22H21N3O4. The normalized spacial score (nSPS) is 14.1. The molecule has 148 valence electrons. The molecule has 0 fully saturated rings. The van der Waals surface area contributed by atoms with E-state index in [4.69, 9.17) is 9.47 Å². The Labute approximate surface area is 167 Å². The second-order valence-electron chi connectivity index (χ2n) is 6.89. The predicted molar refractivity (Wildman–Crippen MR) is 112 cm³/mol. The quantitative estimate of drug-likeness (QED) is 0.669. The van der Waals surface area contributed by atoms with Crippen LogP contribution in [0, 0.1) is 13.8 Å². The van der Waals surface area contributed by atoms with Crippen LogP contribution in [0.5, 0.6) is 11.5 Å². The number of ether oxygens (including phenoxy) is 2. The molecule has 7 heteroatoms. The van der Waals surface area contributed by atoms with Crippen LogP contribution in [0.1, 0.15) is 22.4 Å². The number of nitrogens with one attached hydrogen (secondary N) is 2. The summed E-state index contributed by atoms with van der Waals surface area (Å²) in [6.45, 7) is 3.79. The van der Waals surface area contributed by atoms with Gasteiger partial charge in [-0.15, -0.1) is 0 Å². The molecule has 1 aliphatic heterocycles. The fourth-order valence-corrected chi connectivity index (χ4v) is 3.41. The van der Waals surface area contributed by atoms with E-state index in [1.807, 2.05) is 31.2 Å². The number of hydrogen-bond donors (Lipinski definition) is 2. The zero-order valence-electron chi connectivity index (χ0n) is 16.6. The number of carbonyl (C=O) groups excluding carboxylic acids is 1. The summed E-state index contributed by atoms with van der Waals surface area (Å²) in [5.41, 5.74) is 4.40. The lowest BCUT2D eigenvalue weighted by atomic mass is 10.0. The van der Waals surface area contributed by atoms with Crippen LogP contribution in [0.2, 0.25) is 0 Å². The van der Waals surface area contributed by atoms with Gasteiger partial charge in [0.1, 0.15) is 0 Å². The van der Waals surface area contributed by atoms with Crippen LogP contribution in [0.25, 0.3) is 17.3 Å². The van der Waals surface area contributed by atoms with Gasteiger partial charge in [0.15, 0.2) is 11.5 Å². The number of H-pyrrole nitrogens is 1. The molecule has 4 rings (SSSR count). The van der Waals surface area contributed by atoms with Crippen molar-refractivity contribution in [2.75, 3.05) is 19.5 Å². The van der Waals surface area contributed by atoms with Crippen molar-refractivity contribution < 1.29 is 14.3 Å². The van der Waals surface area contributed by atoms with E-state index in [9.17, 15) is 9.59 Å². The number of hydrogen-bond acceptors (Lipinski definition) is 4. The van der Waals surface area contributed by atoms with Gasteiger partial charge in [-0.1, -0.05) is 17.7 Å². The summed E-state index contributed by atoms with van der Waals surface area (Å²) in [5, 5.41) is 5.90. The van der Waals surface area contributed by atoms with E-state index in [-0.39, 0.29) is 11.5 Å². The van der Waals surface area contributed by atoms with Gasteiger partial charge in [0.2, 0.25) is 0 Å². The maximum Gasteiger partial charge on any atom is 0.278 e. The Morgan fingerprint density at radius 3 is 2.28 bits per heavy atom. The largest absolute Gasteiger partial charge is 0.493 e. The topological polar surface area (TPSA) is 85.3 Å². The fraction of sp³-hybridized carbons (Fsp3) is 0.182. The zero-order valence-corrected chi connectivity index (χ0v) is 16.6. The highest BCUT2D eigenvalue weighted by atomic mass is 16.5. The molecular weight excluding hydrogens is 370 g/mol. The number of nitrogens with zero attached hydrogens (tertiary/aromatic N) is 1. The van der Waals surface area contributed by atoms with E-state index in [0.717, 1.165) is 11.3 Å². The Hall–Kier alpha value is -3.74. The van der Waals surface area contributed by atoms with Gasteiger partial charge in [-0.3, -0.25) is 14.7 Å². The molecule has 2 aromatic carbocycles. The molecule has 29 heavy (non-hydrogen) atoms. The van der Waals surface area contributed by atoms with E-state index in [1.165, 1.54) is 18.9 Å². The standard InChI is InChI=1S/C22H21N3O4/c1-12-5-7-14(8-6-12)25-22(27)15(13(2)24-25)9-17-16-10-19(28-3)20(29-4)11-18(16)23-21(17)26/h5-11,24H,1-4H3,(H,23,26). The number of benzene rings is 2. The molecule has 1 aromatic heterocycles. The van der Waals surface area contributed by atoms with Crippen LogP contribution < -0.4 is 20.3 Å². The summed E-state index contributed by atoms with van der Waals surface area (Å²) in [4.78, 5) is 25.6. The first-order valence-electron chi connectivity index (χ1n) is 9.11. The van der Waals surface area contributed by atoms with E-state index < -0.39 is 0 Å². The molecule has 0 radical (unpaired) electrons. The Kier molecular flexibility index (Phi) is 4.50. The van der Waals surface area contributed by atoms with Gasteiger partial charge in [-0.05, 0) is 38.1 Å². The van der Waals surface area contributed by atoms with Crippen molar-refractivity contribution in [1.82, 2.24) is 9.78 Å². The zero-order chi connectivity index (χ0) is 20.7. The van der Waals surface area contributed by atoms with Crippen LogP contribution in [-0.4, -0.2) is 29.9 Å². The van der Waals surface area contributed by atoms with Crippen molar-refractivity contribution in [3.05, 3.63) is 69.1 Å². The molecule has 2 heterocycles. The van der Waals surface area contributed by atoms with Crippen molar-refractivity contribution in [2.24, 2.45) is 0 Å². The summed E-state index contributed by atoms with van der Waals surface area (Å²) in [7, 11) is 3.07. The third kappa shape index (κ3) is 3.10. The smallest absolute Gasteiger partial charge is 0.278 e. The second-order valence-corrected chi connectivity index (χ2v) is 6.89. The molecule has 1 amide bonds. The van der Waals surface area contributed by atoms with Crippen LogP contribution in [0.4, 0.5) is 5.69 Å². The number of fused-ring (bicyclic) bond motifs is 1. The highest BCUT2D eigenvalue weighted by molar-refractivity contribution is 6.35. The minimum atomic E-state index is -0.280. The predicted octanol–water partition coefficient (Wildman–Crippen LogP) is 3.29. The number of methoxy groups -OCH3 is 2. The van der Waals surface area contributed by atoms with Crippen LogP contribution in [-0.2, 0) is 4.79 Å². The van der Waals surface area contributed by atoms with Crippen molar-refractivity contribution >= 4 is 23.2 Å². The minimum Gasteiger partial charge on any atom is -0.493 e. The summed E-state index contributed by atoms with van der Waals surface area (Å²) in [6, 6.07) is 11.1. The summed E-state index contributed by atoms with van der Waals surface area (Å²) in [6.07, 6.45) is 1.62. The van der Waals surface area contributed by atoms with Gasteiger partial charge in [-0.2, -0.15) is 0 Å². The maximum absolute atomic E-state index is 13.0. The van der Waals surface area contributed by atoms with Crippen molar-refractivity contribution in [3.8, 4) is 17.2 Å². The lowest BCUT2D eigenvalue weighted by Crippen LogP contribution is -2.16. The molecule has 3 aromatic rings. The van der Waals surface area contributed by atoms with Crippen LogP contribution in [0.3, 0.4) is 0 Å². The summed E-state index contributed by atoms with van der Waals surface area (Å²) in [5.74, 6) is 0.751. The molecule has 0 unspecified atom stereocenters. The third-order valence-corrected chi connectivity index (χ3v) is 5.00. The van der Waals surface area contributed by atoms with E-state index in [1.54, 1.807) is 25.1 Å². The lowest BCUT2D eigenvalue weighted by molar-refractivity contribution is -0.110. The second kappa shape index (κ2) is 7.01. The maximum atomic E-state index is 13.0. The molecule has 0 aliphatic carbocycles. The summed E-state index contributed by atoms with van der Waals surface area (Å²) >= 11 is 0. The average molecular weight is 391 g/mol. The Morgan fingerprint density at radius 1 is 0.966 bits per heavy atom. The van der Waals surface area contributed by atoms with E-state index in [2.05, 4.69) is 10.4 Å². The molecule has 0 bridgehead atoms. The molecule has 0 saturated heterocycles. The van der Waals surface area contributed by atoms with Gasteiger partial charge >= 0.3 is 0 Å². The highest BCUT2D eigenvalue weighted by Gasteiger charge is 2.27. The number of aryl methyl sites for hydroxylation is 2. The number of carbonyl (C=O) groups is 1. The van der Waals surface area contributed by atoms with Gasteiger partial charge in [0.25, 0.3) is 11.5 Å². The van der Waals surface area contributed by atoms with Crippen LogP contribution >= 0.6 is 0 Å². The van der Waals surface area contributed by atoms with Gasteiger partial charge in [0.05, 0.1) is 31.2 Å². The Bertz CT molecular complexity index is 1200. The number of amides is 1. The van der Waals surface area contributed by atoms with Gasteiger partial charge in [-0.25, -0.2) is 4.68 Å². The number of aromatic amines is 1. The molecule has 7 nitrogen and oxygen atoms in total. The van der Waals surface area contributed by atoms with E-state index in [0.29, 0.717) is 39.6 Å². The SMILES string of the molecule is COc1cc2c(cc1OC)C(=Cc1c(C)[nH]n(-c3ccc(C)cc3)c1=O)C(=O)N2. The van der Waals surface area contributed by atoms with Crippen LogP contribution in [0.15, 0.2) is 41.2 Å². The van der Waals surface area contributed by atoms with Crippen molar-refractivity contribution in [3.63, 3.8) is 0 Å². The minimum absolute atomic E-state index is 0.222. The molecule has 1 aliphatic rings. The van der Waals surface area contributed by atoms with Crippen molar-refractivity contribution in [1.29, 1.82) is 0 Å².